The molecule has 0 spiro atoms. The van der Waals surface area contributed by atoms with E-state index in [2.05, 4.69) is 13.0 Å². The molecule has 4 aliphatic carbocycles. The molecule has 7 unspecified atom stereocenters. The number of allylic oxidation sites excluding steroid dienone is 1. The lowest BCUT2D eigenvalue weighted by molar-refractivity contribution is -0.188. The Kier molecular flexibility index (Phi) is 4.31. The molecule has 3 fully saturated rings. The van der Waals surface area contributed by atoms with Gasteiger partial charge in [0.2, 0.25) is 0 Å². The predicted octanol–water partition coefficient (Wildman–Crippen LogP) is 2.41. The van der Waals surface area contributed by atoms with Gasteiger partial charge in [-0.1, -0.05) is 38.8 Å². The molecule has 0 aromatic heterocycles. The Morgan fingerprint density at radius 1 is 1.36 bits per heavy atom. The van der Waals surface area contributed by atoms with Crippen LogP contribution in [0.25, 0.3) is 0 Å². The van der Waals surface area contributed by atoms with Gasteiger partial charge in [0.1, 0.15) is 11.7 Å². The molecule has 0 saturated heterocycles. The van der Waals surface area contributed by atoms with Crippen molar-refractivity contribution in [3.05, 3.63) is 11.6 Å². The average molecular weight is 389 g/mol. The quantitative estimate of drug-likeness (QED) is 0.410. The van der Waals surface area contributed by atoms with Crippen LogP contribution in [0.3, 0.4) is 0 Å². The predicted molar refractivity (Wildman–Crippen MR) is 102 cm³/mol. The van der Waals surface area contributed by atoms with Crippen molar-refractivity contribution in [2.24, 2.45) is 51.6 Å². The van der Waals surface area contributed by atoms with Gasteiger partial charge in [-0.05, 0) is 48.9 Å². The molecule has 6 nitrogen and oxygen atoms in total. The molecular weight excluding hydrogens is 358 g/mol. The van der Waals surface area contributed by atoms with Crippen LogP contribution in [-0.4, -0.2) is 36.5 Å². The zero-order valence-corrected chi connectivity index (χ0v) is 16.9. The third kappa shape index (κ3) is 1.95. The molecule has 28 heavy (non-hydrogen) atoms. The fourth-order valence-electron chi connectivity index (χ4n) is 7.90. The van der Waals surface area contributed by atoms with Gasteiger partial charge in [0.15, 0.2) is 0 Å². The zero-order valence-electron chi connectivity index (χ0n) is 16.9. The van der Waals surface area contributed by atoms with Crippen molar-refractivity contribution in [2.45, 2.75) is 46.5 Å². The Bertz CT molecular complexity index is 760. The number of carboxylic acids is 1. The van der Waals surface area contributed by atoms with Gasteiger partial charge >= 0.3 is 11.9 Å². The topological polar surface area (TPSA) is 107 Å². The molecular formula is C22H31NO5. The zero-order chi connectivity index (χ0) is 20.5. The number of rotatable bonds is 6. The highest BCUT2D eigenvalue weighted by Crippen LogP contribution is 2.82. The highest BCUT2D eigenvalue weighted by atomic mass is 16.5. The van der Waals surface area contributed by atoms with Gasteiger partial charge in [-0.25, -0.2) is 0 Å². The lowest BCUT2D eigenvalue weighted by Crippen LogP contribution is -2.63. The van der Waals surface area contributed by atoms with Gasteiger partial charge in [0.05, 0.1) is 18.6 Å². The smallest absolute Gasteiger partial charge is 0.319 e. The molecule has 0 heterocycles. The molecule has 0 aromatic rings. The number of esters is 1. The third-order valence-corrected chi connectivity index (χ3v) is 8.78. The van der Waals surface area contributed by atoms with Crippen LogP contribution in [0.5, 0.6) is 0 Å². The van der Waals surface area contributed by atoms with Gasteiger partial charge in [-0.2, -0.15) is 0 Å². The Labute approximate surface area is 165 Å². The Morgan fingerprint density at radius 3 is 2.64 bits per heavy atom. The summed E-state index contributed by atoms with van der Waals surface area (Å²) >= 11 is 0. The molecule has 154 valence electrons. The molecule has 4 rings (SSSR count). The van der Waals surface area contributed by atoms with Crippen molar-refractivity contribution < 1.29 is 24.2 Å². The fraction of sp³-hybridized carbons (Fsp3) is 0.773. The number of hydrogen-bond acceptors (Lipinski definition) is 5. The van der Waals surface area contributed by atoms with Crippen molar-refractivity contribution in [1.82, 2.24) is 0 Å². The number of carbonyl (C=O) groups is 3. The molecule has 0 aromatic carbocycles. The summed E-state index contributed by atoms with van der Waals surface area (Å²) in [7, 11) is 0. The van der Waals surface area contributed by atoms with E-state index < -0.39 is 28.2 Å². The van der Waals surface area contributed by atoms with Crippen molar-refractivity contribution in [3.63, 3.8) is 0 Å². The summed E-state index contributed by atoms with van der Waals surface area (Å²) in [6, 6.07) is 0. The number of ether oxygens (including phenoxy) is 1. The van der Waals surface area contributed by atoms with E-state index in [0.29, 0.717) is 24.7 Å². The van der Waals surface area contributed by atoms with E-state index in [9.17, 15) is 19.5 Å². The lowest BCUT2D eigenvalue weighted by atomic mass is 9.43. The second-order valence-electron chi connectivity index (χ2n) is 9.85. The van der Waals surface area contributed by atoms with E-state index in [1.807, 2.05) is 13.8 Å². The molecule has 6 heteroatoms. The van der Waals surface area contributed by atoms with Crippen molar-refractivity contribution in [3.8, 4) is 0 Å². The van der Waals surface area contributed by atoms with Crippen LogP contribution in [0.4, 0.5) is 0 Å². The minimum absolute atomic E-state index is 0.0145. The number of aliphatic carboxylic acids is 1. The summed E-state index contributed by atoms with van der Waals surface area (Å²) in [6.45, 7) is 6.00. The van der Waals surface area contributed by atoms with Crippen LogP contribution >= 0.6 is 0 Å². The monoisotopic (exact) mass is 389 g/mol. The summed E-state index contributed by atoms with van der Waals surface area (Å²) in [5.41, 5.74) is 3.32. The van der Waals surface area contributed by atoms with Gasteiger partial charge in [-0.15, -0.1) is 0 Å². The minimum atomic E-state index is -1.29. The Hall–Kier alpha value is -1.69. The highest BCUT2D eigenvalue weighted by Gasteiger charge is 2.84. The number of aldehydes is 1. The first-order chi connectivity index (χ1) is 13.2. The second-order valence-corrected chi connectivity index (χ2v) is 9.85. The van der Waals surface area contributed by atoms with Crippen LogP contribution in [0.15, 0.2) is 11.6 Å². The van der Waals surface area contributed by atoms with Crippen molar-refractivity contribution in [1.29, 1.82) is 0 Å². The van der Waals surface area contributed by atoms with Crippen LogP contribution < -0.4 is 5.73 Å². The maximum atomic E-state index is 13.1. The van der Waals surface area contributed by atoms with Crippen LogP contribution in [0.2, 0.25) is 0 Å². The SMILES string of the molecule is CC(C)C1=CC2CC3(C=O)C4CCC(C)C4CC2(COC(=O)CN)C13C(=O)O. The largest absolute Gasteiger partial charge is 0.481 e. The normalized spacial score (nSPS) is 45.7. The first-order valence-electron chi connectivity index (χ1n) is 10.5. The molecule has 3 saturated carbocycles. The molecule has 4 bridgehead atoms. The number of hydrogen-bond donors (Lipinski definition) is 2. The van der Waals surface area contributed by atoms with Crippen LogP contribution in [0.1, 0.15) is 46.5 Å². The standard InChI is InChI=1S/C22H31NO5/c1-12(2)17-6-14-7-20(10-24)16-5-4-13(3)15(16)8-21(14,11-28-18(25)9-23)22(17,20)19(26)27/h6,10,12-16H,4-5,7-9,11,23H2,1-3H3,(H,26,27). The van der Waals surface area contributed by atoms with Crippen LogP contribution in [-0.2, 0) is 19.1 Å². The summed E-state index contributed by atoms with van der Waals surface area (Å²) in [5.74, 6) is -0.677. The minimum Gasteiger partial charge on any atom is -0.481 e. The fourth-order valence-corrected chi connectivity index (χ4v) is 7.90. The van der Waals surface area contributed by atoms with E-state index in [4.69, 9.17) is 10.5 Å². The van der Waals surface area contributed by atoms with E-state index in [1.165, 1.54) is 0 Å². The van der Waals surface area contributed by atoms with Crippen molar-refractivity contribution in [2.75, 3.05) is 13.2 Å². The van der Waals surface area contributed by atoms with Gasteiger partial charge in [0.25, 0.3) is 0 Å². The number of carboxylic acid groups (broad SMARTS) is 1. The average Bonchev–Trinajstić information content (AvgIpc) is 3.23. The van der Waals surface area contributed by atoms with Gasteiger partial charge < -0.3 is 20.4 Å². The van der Waals surface area contributed by atoms with Crippen molar-refractivity contribution >= 4 is 18.2 Å². The summed E-state index contributed by atoms with van der Waals surface area (Å²) < 4.78 is 5.53. The Balaban J connectivity index is 1.94. The first-order valence-corrected chi connectivity index (χ1v) is 10.5. The lowest BCUT2D eigenvalue weighted by Gasteiger charge is -2.58. The molecule has 4 aliphatic rings. The maximum Gasteiger partial charge on any atom is 0.319 e. The van der Waals surface area contributed by atoms with E-state index in [-0.39, 0.29) is 30.9 Å². The molecule has 0 amide bonds. The number of carbonyl (C=O) groups excluding carboxylic acids is 2. The van der Waals surface area contributed by atoms with Gasteiger partial charge in [0, 0.05) is 5.41 Å². The summed E-state index contributed by atoms with van der Waals surface area (Å²) in [5, 5.41) is 10.7. The maximum absolute atomic E-state index is 13.1. The van der Waals surface area contributed by atoms with Crippen LogP contribution in [0, 0.1) is 45.8 Å². The van der Waals surface area contributed by atoms with E-state index in [0.717, 1.165) is 24.7 Å². The molecule has 3 N–H and O–H groups in total. The number of fused-ring (bicyclic) bond motifs is 2. The molecule has 7 atom stereocenters. The van der Waals surface area contributed by atoms with Gasteiger partial charge in [-0.3, -0.25) is 9.59 Å². The van der Waals surface area contributed by atoms with E-state index >= 15 is 0 Å². The number of nitrogens with two attached hydrogens (primary N) is 1. The third-order valence-electron chi connectivity index (χ3n) is 8.78. The van der Waals surface area contributed by atoms with E-state index in [1.54, 1.807) is 0 Å². The second kappa shape index (κ2) is 6.15. The molecule has 0 aliphatic heterocycles. The summed E-state index contributed by atoms with van der Waals surface area (Å²) in [4.78, 5) is 37.8. The highest BCUT2D eigenvalue weighted by molar-refractivity contribution is 5.90. The first kappa shape index (κ1) is 19.6. The Morgan fingerprint density at radius 2 is 2.07 bits per heavy atom. The summed E-state index contributed by atoms with van der Waals surface area (Å²) in [6.07, 6.45) is 6.23. The molecule has 0 radical (unpaired) electrons.